The molecule has 1 saturated carbocycles. The zero-order valence-electron chi connectivity index (χ0n) is 10.2. The molecule has 0 amide bonds. The summed E-state index contributed by atoms with van der Waals surface area (Å²) in [5, 5.41) is 2.97. The molecule has 1 aliphatic carbocycles. The topological polar surface area (TPSA) is 49.4 Å². The highest BCUT2D eigenvalue weighted by atomic mass is 32.2. The second kappa shape index (κ2) is 4.66. The SMILES string of the molecule is CNc1ccc(S(=O)(=O)N(C)C2CCC2)cc1. The Labute approximate surface area is 103 Å². The molecule has 4 nitrogen and oxygen atoms in total. The van der Waals surface area contributed by atoms with Gasteiger partial charge in [-0.25, -0.2) is 8.42 Å². The second-order valence-electron chi connectivity index (χ2n) is 4.38. The molecule has 5 heteroatoms. The highest BCUT2D eigenvalue weighted by Crippen LogP contribution is 2.28. The molecule has 1 aliphatic rings. The van der Waals surface area contributed by atoms with Crippen molar-refractivity contribution in [3.63, 3.8) is 0 Å². The van der Waals surface area contributed by atoms with Gasteiger partial charge in [-0.3, -0.25) is 0 Å². The number of nitrogens with one attached hydrogen (secondary N) is 1. The molecule has 0 spiro atoms. The number of benzene rings is 1. The fraction of sp³-hybridized carbons (Fsp3) is 0.500. The fourth-order valence-corrected chi connectivity index (χ4v) is 3.32. The quantitative estimate of drug-likeness (QED) is 0.893. The van der Waals surface area contributed by atoms with Gasteiger partial charge in [0.25, 0.3) is 0 Å². The summed E-state index contributed by atoms with van der Waals surface area (Å²) in [6.07, 6.45) is 3.08. The molecular weight excluding hydrogens is 236 g/mol. The van der Waals surface area contributed by atoms with Crippen LogP contribution in [0.2, 0.25) is 0 Å². The first-order valence-electron chi connectivity index (χ1n) is 5.81. The molecule has 0 atom stereocenters. The Morgan fingerprint density at radius 2 is 1.82 bits per heavy atom. The lowest BCUT2D eigenvalue weighted by Gasteiger charge is -2.33. The summed E-state index contributed by atoms with van der Waals surface area (Å²) in [6.45, 7) is 0. The first kappa shape index (κ1) is 12.4. The van der Waals surface area contributed by atoms with Crippen LogP contribution in [0.15, 0.2) is 29.2 Å². The van der Waals surface area contributed by atoms with E-state index in [1.807, 2.05) is 7.05 Å². The van der Waals surface area contributed by atoms with E-state index in [0.29, 0.717) is 4.90 Å². The maximum atomic E-state index is 12.3. The van der Waals surface area contributed by atoms with Crippen LogP contribution in [0, 0.1) is 0 Å². The van der Waals surface area contributed by atoms with Crippen LogP contribution in [-0.2, 0) is 10.0 Å². The Morgan fingerprint density at radius 1 is 1.24 bits per heavy atom. The Hall–Kier alpha value is -1.07. The van der Waals surface area contributed by atoms with Crippen LogP contribution in [0.4, 0.5) is 5.69 Å². The molecule has 0 heterocycles. The van der Waals surface area contributed by atoms with Gasteiger partial charge in [-0.1, -0.05) is 6.42 Å². The zero-order valence-corrected chi connectivity index (χ0v) is 11.0. The van der Waals surface area contributed by atoms with Gasteiger partial charge in [0.15, 0.2) is 0 Å². The van der Waals surface area contributed by atoms with E-state index >= 15 is 0 Å². The summed E-state index contributed by atoms with van der Waals surface area (Å²) in [6, 6.07) is 7.04. The summed E-state index contributed by atoms with van der Waals surface area (Å²) in [7, 11) is 0.163. The Balaban J connectivity index is 2.23. The Kier molecular flexibility index (Phi) is 3.40. The van der Waals surface area contributed by atoms with Crippen LogP contribution < -0.4 is 5.32 Å². The summed E-state index contributed by atoms with van der Waals surface area (Å²) in [5.74, 6) is 0. The van der Waals surface area contributed by atoms with E-state index in [-0.39, 0.29) is 6.04 Å². The van der Waals surface area contributed by atoms with E-state index < -0.39 is 10.0 Å². The summed E-state index contributed by atoms with van der Waals surface area (Å²) < 4.78 is 26.0. The number of rotatable bonds is 4. The summed E-state index contributed by atoms with van der Waals surface area (Å²) in [5.41, 5.74) is 0.912. The van der Waals surface area contributed by atoms with Crippen LogP contribution in [-0.4, -0.2) is 32.9 Å². The minimum atomic E-state index is -3.32. The largest absolute Gasteiger partial charge is 0.388 e. The number of sulfonamides is 1. The molecule has 0 radical (unpaired) electrons. The van der Waals surface area contributed by atoms with Crippen molar-refractivity contribution in [1.29, 1.82) is 0 Å². The monoisotopic (exact) mass is 254 g/mol. The van der Waals surface area contributed by atoms with Crippen molar-refractivity contribution in [2.45, 2.75) is 30.2 Å². The molecule has 2 rings (SSSR count). The lowest BCUT2D eigenvalue weighted by atomic mass is 9.94. The molecular formula is C12H18N2O2S. The Bertz CT molecular complexity index is 478. The molecule has 17 heavy (non-hydrogen) atoms. The van der Waals surface area contributed by atoms with Crippen molar-refractivity contribution in [3.8, 4) is 0 Å². The number of anilines is 1. The maximum absolute atomic E-state index is 12.3. The van der Waals surface area contributed by atoms with Crippen molar-refractivity contribution >= 4 is 15.7 Å². The molecule has 0 aliphatic heterocycles. The molecule has 0 saturated heterocycles. The molecule has 0 unspecified atom stereocenters. The predicted octanol–water partition coefficient (Wildman–Crippen LogP) is 1.90. The minimum Gasteiger partial charge on any atom is -0.388 e. The molecule has 1 aromatic carbocycles. The van der Waals surface area contributed by atoms with Crippen LogP contribution in [0.25, 0.3) is 0 Å². The van der Waals surface area contributed by atoms with Crippen LogP contribution >= 0.6 is 0 Å². The van der Waals surface area contributed by atoms with Gasteiger partial charge in [0, 0.05) is 25.8 Å². The van der Waals surface area contributed by atoms with E-state index in [1.54, 1.807) is 31.3 Å². The van der Waals surface area contributed by atoms with Gasteiger partial charge in [0.05, 0.1) is 4.90 Å². The highest BCUT2D eigenvalue weighted by Gasteiger charge is 2.31. The molecule has 94 valence electrons. The number of hydrogen-bond acceptors (Lipinski definition) is 3. The van der Waals surface area contributed by atoms with Crippen LogP contribution in [0.5, 0.6) is 0 Å². The summed E-state index contributed by atoms with van der Waals surface area (Å²) in [4.78, 5) is 0.367. The lowest BCUT2D eigenvalue weighted by Crippen LogP contribution is -2.41. The van der Waals surface area contributed by atoms with Crippen molar-refractivity contribution in [2.75, 3.05) is 19.4 Å². The molecule has 1 aromatic rings. The van der Waals surface area contributed by atoms with E-state index in [0.717, 1.165) is 24.9 Å². The first-order valence-corrected chi connectivity index (χ1v) is 7.25. The third-order valence-electron chi connectivity index (χ3n) is 3.41. The van der Waals surface area contributed by atoms with Gasteiger partial charge in [0.1, 0.15) is 0 Å². The van der Waals surface area contributed by atoms with Gasteiger partial charge in [-0.2, -0.15) is 4.31 Å². The fourth-order valence-electron chi connectivity index (χ4n) is 1.91. The lowest BCUT2D eigenvalue weighted by molar-refractivity contribution is 0.249. The van der Waals surface area contributed by atoms with Gasteiger partial charge >= 0.3 is 0 Å². The first-order chi connectivity index (χ1) is 8.05. The average molecular weight is 254 g/mol. The van der Waals surface area contributed by atoms with Gasteiger partial charge in [-0.15, -0.1) is 0 Å². The highest BCUT2D eigenvalue weighted by molar-refractivity contribution is 7.89. The maximum Gasteiger partial charge on any atom is 0.243 e. The van der Waals surface area contributed by atoms with Crippen molar-refractivity contribution in [2.24, 2.45) is 0 Å². The van der Waals surface area contributed by atoms with Crippen molar-refractivity contribution in [1.82, 2.24) is 4.31 Å². The third-order valence-corrected chi connectivity index (χ3v) is 5.33. The van der Waals surface area contributed by atoms with Crippen molar-refractivity contribution in [3.05, 3.63) is 24.3 Å². The van der Waals surface area contributed by atoms with E-state index in [2.05, 4.69) is 5.32 Å². The molecule has 1 N–H and O–H groups in total. The third kappa shape index (κ3) is 2.30. The second-order valence-corrected chi connectivity index (χ2v) is 6.38. The zero-order chi connectivity index (χ0) is 12.5. The van der Waals surface area contributed by atoms with Crippen LogP contribution in [0.1, 0.15) is 19.3 Å². The molecule has 1 fully saturated rings. The number of nitrogens with zero attached hydrogens (tertiary/aromatic N) is 1. The van der Waals surface area contributed by atoms with Gasteiger partial charge in [0.2, 0.25) is 10.0 Å². The molecule has 0 aromatic heterocycles. The van der Waals surface area contributed by atoms with E-state index in [1.165, 1.54) is 4.31 Å². The number of hydrogen-bond donors (Lipinski definition) is 1. The van der Waals surface area contributed by atoms with E-state index in [4.69, 9.17) is 0 Å². The minimum absolute atomic E-state index is 0.184. The Morgan fingerprint density at radius 3 is 2.24 bits per heavy atom. The summed E-state index contributed by atoms with van der Waals surface area (Å²) >= 11 is 0. The normalized spacial score (nSPS) is 16.9. The smallest absolute Gasteiger partial charge is 0.243 e. The standard InChI is InChI=1S/C12H18N2O2S/c1-13-10-6-8-12(9-7-10)17(15,16)14(2)11-4-3-5-11/h6-9,11,13H,3-5H2,1-2H3. The predicted molar refractivity (Wildman–Crippen MR) is 68.6 cm³/mol. The van der Waals surface area contributed by atoms with Gasteiger partial charge < -0.3 is 5.32 Å². The average Bonchev–Trinajstić information content (AvgIpc) is 2.27. The van der Waals surface area contributed by atoms with Gasteiger partial charge in [-0.05, 0) is 37.1 Å². The van der Waals surface area contributed by atoms with Crippen molar-refractivity contribution < 1.29 is 8.42 Å². The molecule has 0 bridgehead atoms. The van der Waals surface area contributed by atoms with Crippen LogP contribution in [0.3, 0.4) is 0 Å². The van der Waals surface area contributed by atoms with E-state index in [9.17, 15) is 8.42 Å².